The molecule has 1 aromatic carbocycles. The van der Waals surface area contributed by atoms with E-state index in [2.05, 4.69) is 11.4 Å². The predicted octanol–water partition coefficient (Wildman–Crippen LogP) is 2.79. The van der Waals surface area contributed by atoms with Crippen LogP contribution in [0, 0.1) is 0 Å². The second-order valence-electron chi connectivity index (χ2n) is 3.21. The molecule has 1 aliphatic rings. The van der Waals surface area contributed by atoms with Crippen LogP contribution in [-0.2, 0) is 0 Å². The van der Waals surface area contributed by atoms with E-state index in [1.54, 1.807) is 0 Å². The zero-order valence-corrected chi connectivity index (χ0v) is 8.87. The maximum Gasteiger partial charge on any atom is 0.0417 e. The summed E-state index contributed by atoms with van der Waals surface area (Å²) in [6, 6.07) is 8.75. The van der Waals surface area contributed by atoms with Crippen LogP contribution in [0.5, 0.6) is 0 Å². The summed E-state index contributed by atoms with van der Waals surface area (Å²) in [5.74, 6) is 1.15. The van der Waals surface area contributed by atoms with Gasteiger partial charge in [-0.2, -0.15) is 0 Å². The molecule has 0 spiro atoms. The summed E-state index contributed by atoms with van der Waals surface area (Å²) in [6.45, 7) is 1.18. The molecule has 1 unspecified atom stereocenters. The Balaban J connectivity index is 1.86. The number of benzene rings is 1. The van der Waals surface area contributed by atoms with Crippen LogP contribution >= 0.6 is 23.4 Å². The highest BCUT2D eigenvalue weighted by atomic mass is 35.5. The lowest BCUT2D eigenvalue weighted by molar-refractivity contribution is 0.405. The van der Waals surface area contributed by atoms with Crippen LogP contribution in [0.15, 0.2) is 29.2 Å². The quantitative estimate of drug-likeness (QED) is 0.776. The summed E-state index contributed by atoms with van der Waals surface area (Å²) in [4.78, 5) is 1.27. The number of hydrogen-bond acceptors (Lipinski definition) is 2. The zero-order chi connectivity index (χ0) is 9.10. The van der Waals surface area contributed by atoms with Crippen molar-refractivity contribution in [3.05, 3.63) is 29.3 Å². The van der Waals surface area contributed by atoms with E-state index >= 15 is 0 Å². The Kier molecular flexibility index (Phi) is 3.14. The van der Waals surface area contributed by atoms with Crippen molar-refractivity contribution < 1.29 is 0 Å². The average molecular weight is 214 g/mol. The molecular formula is C10H12ClNS. The first kappa shape index (κ1) is 9.38. The van der Waals surface area contributed by atoms with Crippen LogP contribution in [0.3, 0.4) is 0 Å². The van der Waals surface area contributed by atoms with E-state index in [4.69, 9.17) is 11.6 Å². The molecular weight excluding hydrogens is 202 g/mol. The van der Waals surface area contributed by atoms with E-state index in [-0.39, 0.29) is 0 Å². The van der Waals surface area contributed by atoms with Crippen molar-refractivity contribution in [2.45, 2.75) is 17.4 Å². The number of halogens is 1. The van der Waals surface area contributed by atoms with E-state index in [0.717, 1.165) is 10.8 Å². The van der Waals surface area contributed by atoms with Gasteiger partial charge in [-0.1, -0.05) is 17.7 Å². The minimum atomic E-state index is 0.712. The lowest BCUT2D eigenvalue weighted by atomic mass is 10.1. The highest BCUT2D eigenvalue weighted by Crippen LogP contribution is 2.23. The molecule has 1 N–H and O–H groups in total. The molecule has 1 heterocycles. The van der Waals surface area contributed by atoms with Crippen molar-refractivity contribution in [2.75, 3.05) is 12.3 Å². The fraction of sp³-hybridized carbons (Fsp3) is 0.400. The summed E-state index contributed by atoms with van der Waals surface area (Å²) in [5, 5.41) is 4.20. The summed E-state index contributed by atoms with van der Waals surface area (Å²) < 4.78 is 0. The van der Waals surface area contributed by atoms with Gasteiger partial charge in [0, 0.05) is 21.7 Å². The maximum absolute atomic E-state index is 5.88. The third-order valence-electron chi connectivity index (χ3n) is 2.17. The minimum absolute atomic E-state index is 0.712. The molecule has 0 radical (unpaired) electrons. The highest BCUT2D eigenvalue weighted by Gasteiger charge is 2.15. The lowest BCUT2D eigenvalue weighted by Gasteiger charge is -2.27. The van der Waals surface area contributed by atoms with Crippen molar-refractivity contribution in [3.8, 4) is 0 Å². The summed E-state index contributed by atoms with van der Waals surface area (Å²) in [5.41, 5.74) is 0. The van der Waals surface area contributed by atoms with Crippen LogP contribution in [0.4, 0.5) is 0 Å². The molecule has 0 saturated carbocycles. The van der Waals surface area contributed by atoms with Gasteiger partial charge in [-0.3, -0.25) is 0 Å². The van der Waals surface area contributed by atoms with Gasteiger partial charge in [0.2, 0.25) is 0 Å². The molecule has 1 aromatic rings. The van der Waals surface area contributed by atoms with Crippen LogP contribution in [-0.4, -0.2) is 18.3 Å². The first-order chi connectivity index (χ1) is 6.34. The van der Waals surface area contributed by atoms with Crippen LogP contribution < -0.4 is 5.32 Å². The van der Waals surface area contributed by atoms with Crippen molar-refractivity contribution in [1.29, 1.82) is 0 Å². The number of thioether (sulfide) groups is 1. The Hall–Kier alpha value is -0.180. The van der Waals surface area contributed by atoms with E-state index in [1.807, 2.05) is 30.0 Å². The van der Waals surface area contributed by atoms with Crippen molar-refractivity contribution in [2.24, 2.45) is 0 Å². The molecule has 2 rings (SSSR count). The Labute approximate surface area is 87.9 Å². The average Bonchev–Trinajstić information content (AvgIpc) is 2.01. The minimum Gasteiger partial charge on any atom is -0.313 e. The standard InChI is InChI=1S/C10H12ClNS/c11-8-2-1-3-10(6-8)13-7-9-4-5-12-9/h1-3,6,9,12H,4-5,7H2. The third kappa shape index (κ3) is 2.63. The van der Waals surface area contributed by atoms with Crippen molar-refractivity contribution in [3.63, 3.8) is 0 Å². The van der Waals surface area contributed by atoms with Gasteiger partial charge in [-0.15, -0.1) is 11.8 Å². The molecule has 0 aliphatic carbocycles. The first-order valence-electron chi connectivity index (χ1n) is 4.46. The van der Waals surface area contributed by atoms with Crippen molar-refractivity contribution in [1.82, 2.24) is 5.32 Å². The van der Waals surface area contributed by atoms with Gasteiger partial charge in [-0.05, 0) is 31.2 Å². The summed E-state index contributed by atoms with van der Waals surface area (Å²) in [6.07, 6.45) is 1.31. The normalized spacial score (nSPS) is 21.2. The molecule has 70 valence electrons. The zero-order valence-electron chi connectivity index (χ0n) is 7.29. The number of rotatable bonds is 3. The Bertz CT molecular complexity index is 286. The van der Waals surface area contributed by atoms with E-state index in [1.165, 1.54) is 17.9 Å². The molecule has 0 aromatic heterocycles. The molecule has 1 atom stereocenters. The van der Waals surface area contributed by atoms with Crippen LogP contribution in [0.2, 0.25) is 5.02 Å². The van der Waals surface area contributed by atoms with E-state index in [9.17, 15) is 0 Å². The molecule has 0 bridgehead atoms. The predicted molar refractivity (Wildman–Crippen MR) is 58.6 cm³/mol. The van der Waals surface area contributed by atoms with Crippen LogP contribution in [0.1, 0.15) is 6.42 Å². The summed E-state index contributed by atoms with van der Waals surface area (Å²) in [7, 11) is 0. The smallest absolute Gasteiger partial charge is 0.0417 e. The second kappa shape index (κ2) is 4.36. The van der Waals surface area contributed by atoms with Gasteiger partial charge < -0.3 is 5.32 Å². The monoisotopic (exact) mass is 213 g/mol. The van der Waals surface area contributed by atoms with Gasteiger partial charge in [0.15, 0.2) is 0 Å². The SMILES string of the molecule is Clc1cccc(SCC2CCN2)c1. The number of nitrogens with one attached hydrogen (secondary N) is 1. The molecule has 1 aliphatic heterocycles. The topological polar surface area (TPSA) is 12.0 Å². The van der Waals surface area contributed by atoms with Crippen LogP contribution in [0.25, 0.3) is 0 Å². The third-order valence-corrected chi connectivity index (χ3v) is 3.56. The Morgan fingerprint density at radius 1 is 1.54 bits per heavy atom. The lowest BCUT2D eigenvalue weighted by Crippen LogP contribution is -2.44. The fourth-order valence-electron chi connectivity index (χ4n) is 1.24. The Morgan fingerprint density at radius 3 is 3.00 bits per heavy atom. The molecule has 1 nitrogen and oxygen atoms in total. The molecule has 13 heavy (non-hydrogen) atoms. The first-order valence-corrected chi connectivity index (χ1v) is 5.83. The van der Waals surface area contributed by atoms with E-state index < -0.39 is 0 Å². The van der Waals surface area contributed by atoms with Gasteiger partial charge in [-0.25, -0.2) is 0 Å². The van der Waals surface area contributed by atoms with Gasteiger partial charge in [0.1, 0.15) is 0 Å². The second-order valence-corrected chi connectivity index (χ2v) is 4.74. The highest BCUT2D eigenvalue weighted by molar-refractivity contribution is 7.99. The molecule has 3 heteroatoms. The largest absolute Gasteiger partial charge is 0.313 e. The van der Waals surface area contributed by atoms with Crippen molar-refractivity contribution >= 4 is 23.4 Å². The van der Waals surface area contributed by atoms with Gasteiger partial charge in [0.25, 0.3) is 0 Å². The maximum atomic E-state index is 5.88. The summed E-state index contributed by atoms with van der Waals surface area (Å²) >= 11 is 7.75. The van der Waals surface area contributed by atoms with Gasteiger partial charge in [0.05, 0.1) is 0 Å². The van der Waals surface area contributed by atoms with E-state index in [0.29, 0.717) is 6.04 Å². The molecule has 1 fully saturated rings. The molecule has 0 amide bonds. The Morgan fingerprint density at radius 2 is 2.38 bits per heavy atom. The molecule has 1 saturated heterocycles. The number of hydrogen-bond donors (Lipinski definition) is 1. The fourth-order valence-corrected chi connectivity index (χ4v) is 2.56. The van der Waals surface area contributed by atoms with Gasteiger partial charge >= 0.3 is 0 Å².